The summed E-state index contributed by atoms with van der Waals surface area (Å²) in [5.41, 5.74) is -0.887. The number of hydrogen-bond donors (Lipinski definition) is 2. The SMILES string of the molecule is COCCOCC(=O)NCC(C)(C)O. The lowest BCUT2D eigenvalue weighted by Crippen LogP contribution is -2.39. The molecule has 0 rings (SSSR count). The fourth-order valence-corrected chi connectivity index (χ4v) is 0.673. The van der Waals surface area contributed by atoms with Gasteiger partial charge in [0.25, 0.3) is 0 Å². The van der Waals surface area contributed by atoms with Crippen LogP contribution in [0.4, 0.5) is 0 Å². The summed E-state index contributed by atoms with van der Waals surface area (Å²) in [6.07, 6.45) is 0. The minimum absolute atomic E-state index is 0.000556. The predicted molar refractivity (Wildman–Crippen MR) is 52.0 cm³/mol. The Kier molecular flexibility index (Phi) is 6.44. The zero-order valence-electron chi connectivity index (χ0n) is 9.00. The number of methoxy groups -OCH3 is 1. The maximum atomic E-state index is 11.1. The second kappa shape index (κ2) is 6.75. The average molecular weight is 205 g/mol. The first kappa shape index (κ1) is 13.4. The first-order valence-electron chi connectivity index (χ1n) is 4.51. The summed E-state index contributed by atoms with van der Waals surface area (Å²) in [5, 5.41) is 11.8. The molecule has 0 aromatic rings. The van der Waals surface area contributed by atoms with E-state index in [0.717, 1.165) is 0 Å². The normalized spacial score (nSPS) is 11.4. The molecule has 1 amide bonds. The molecular weight excluding hydrogens is 186 g/mol. The van der Waals surface area contributed by atoms with E-state index in [1.807, 2.05) is 0 Å². The molecule has 2 N–H and O–H groups in total. The molecule has 0 spiro atoms. The van der Waals surface area contributed by atoms with Gasteiger partial charge in [0.1, 0.15) is 6.61 Å². The van der Waals surface area contributed by atoms with Gasteiger partial charge in [0.05, 0.1) is 18.8 Å². The van der Waals surface area contributed by atoms with E-state index < -0.39 is 5.60 Å². The molecule has 0 fully saturated rings. The predicted octanol–water partition coefficient (Wildman–Crippen LogP) is -0.463. The topological polar surface area (TPSA) is 67.8 Å². The van der Waals surface area contributed by atoms with E-state index in [2.05, 4.69) is 5.32 Å². The van der Waals surface area contributed by atoms with E-state index in [1.54, 1.807) is 21.0 Å². The smallest absolute Gasteiger partial charge is 0.246 e. The molecular formula is C9H19NO4. The lowest BCUT2D eigenvalue weighted by atomic mass is 10.1. The summed E-state index contributed by atoms with van der Waals surface area (Å²) < 4.78 is 9.72. The van der Waals surface area contributed by atoms with Crippen molar-refractivity contribution in [2.75, 3.05) is 33.5 Å². The van der Waals surface area contributed by atoms with E-state index >= 15 is 0 Å². The van der Waals surface area contributed by atoms with Crippen molar-refractivity contribution in [2.24, 2.45) is 0 Å². The molecule has 14 heavy (non-hydrogen) atoms. The highest BCUT2D eigenvalue weighted by Crippen LogP contribution is 1.96. The fraction of sp³-hybridized carbons (Fsp3) is 0.889. The highest BCUT2D eigenvalue weighted by Gasteiger charge is 2.13. The molecule has 0 aromatic carbocycles. The summed E-state index contributed by atoms with van der Waals surface area (Å²) in [6.45, 7) is 4.34. The van der Waals surface area contributed by atoms with E-state index in [1.165, 1.54) is 0 Å². The lowest BCUT2D eigenvalue weighted by Gasteiger charge is -2.17. The first-order valence-corrected chi connectivity index (χ1v) is 4.51. The highest BCUT2D eigenvalue weighted by molar-refractivity contribution is 5.77. The maximum Gasteiger partial charge on any atom is 0.246 e. The van der Waals surface area contributed by atoms with Crippen LogP contribution in [-0.4, -0.2) is 50.1 Å². The molecule has 0 aromatic heterocycles. The maximum absolute atomic E-state index is 11.1. The third-order valence-corrected chi connectivity index (χ3v) is 1.38. The summed E-state index contributed by atoms with van der Waals surface area (Å²) >= 11 is 0. The van der Waals surface area contributed by atoms with Crippen LogP contribution in [0.1, 0.15) is 13.8 Å². The number of rotatable bonds is 7. The summed E-state index contributed by atoms with van der Waals surface area (Å²) in [4.78, 5) is 11.1. The number of amides is 1. The Morgan fingerprint density at radius 2 is 2.07 bits per heavy atom. The van der Waals surface area contributed by atoms with Gasteiger partial charge in [-0.1, -0.05) is 0 Å². The van der Waals surface area contributed by atoms with Crippen molar-refractivity contribution >= 4 is 5.91 Å². The van der Waals surface area contributed by atoms with E-state index in [4.69, 9.17) is 9.47 Å². The standard InChI is InChI=1S/C9H19NO4/c1-9(2,12)7-10-8(11)6-14-5-4-13-3/h12H,4-7H2,1-3H3,(H,10,11). The van der Waals surface area contributed by atoms with Crippen LogP contribution in [-0.2, 0) is 14.3 Å². The molecule has 0 saturated heterocycles. The van der Waals surface area contributed by atoms with Gasteiger partial charge >= 0.3 is 0 Å². The van der Waals surface area contributed by atoms with E-state index in [9.17, 15) is 9.90 Å². The zero-order valence-corrected chi connectivity index (χ0v) is 9.00. The molecule has 0 unspecified atom stereocenters. The van der Waals surface area contributed by atoms with Crippen molar-refractivity contribution in [3.8, 4) is 0 Å². The van der Waals surface area contributed by atoms with Crippen molar-refractivity contribution in [2.45, 2.75) is 19.4 Å². The molecule has 0 aliphatic heterocycles. The Hall–Kier alpha value is -0.650. The van der Waals surface area contributed by atoms with Gasteiger partial charge in [0.15, 0.2) is 0 Å². The largest absolute Gasteiger partial charge is 0.389 e. The average Bonchev–Trinajstić information content (AvgIpc) is 2.08. The zero-order chi connectivity index (χ0) is 11.0. The van der Waals surface area contributed by atoms with Gasteiger partial charge in [-0.3, -0.25) is 4.79 Å². The highest BCUT2D eigenvalue weighted by atomic mass is 16.5. The van der Waals surface area contributed by atoms with Crippen LogP contribution in [0.5, 0.6) is 0 Å². The van der Waals surface area contributed by atoms with Crippen molar-refractivity contribution in [1.29, 1.82) is 0 Å². The van der Waals surface area contributed by atoms with Crippen molar-refractivity contribution in [1.82, 2.24) is 5.32 Å². The minimum Gasteiger partial charge on any atom is -0.389 e. The second-order valence-electron chi connectivity index (χ2n) is 3.63. The van der Waals surface area contributed by atoms with Gasteiger partial charge in [-0.15, -0.1) is 0 Å². The fourth-order valence-electron chi connectivity index (χ4n) is 0.673. The summed E-state index contributed by atoms with van der Waals surface area (Å²) in [5.74, 6) is -0.233. The molecule has 5 nitrogen and oxygen atoms in total. The molecule has 0 heterocycles. The van der Waals surface area contributed by atoms with Crippen LogP contribution in [0.15, 0.2) is 0 Å². The summed E-state index contributed by atoms with van der Waals surface area (Å²) in [6, 6.07) is 0. The Morgan fingerprint density at radius 3 is 2.57 bits per heavy atom. The van der Waals surface area contributed by atoms with Crippen LogP contribution in [0, 0.1) is 0 Å². The Labute approximate surface area is 84.4 Å². The summed E-state index contributed by atoms with van der Waals surface area (Å²) in [7, 11) is 1.57. The van der Waals surface area contributed by atoms with Gasteiger partial charge in [-0.25, -0.2) is 0 Å². The number of ether oxygens (including phenoxy) is 2. The Morgan fingerprint density at radius 1 is 1.43 bits per heavy atom. The van der Waals surface area contributed by atoms with Gasteiger partial charge in [0.2, 0.25) is 5.91 Å². The molecule has 5 heteroatoms. The Bertz CT molecular complexity index is 165. The molecule has 0 radical (unpaired) electrons. The molecule has 0 aliphatic rings. The number of aliphatic hydroxyl groups is 1. The van der Waals surface area contributed by atoms with Gasteiger partial charge in [0, 0.05) is 13.7 Å². The quantitative estimate of drug-likeness (QED) is 0.552. The van der Waals surface area contributed by atoms with Crippen molar-refractivity contribution in [3.63, 3.8) is 0 Å². The number of carbonyl (C=O) groups is 1. The van der Waals surface area contributed by atoms with Gasteiger partial charge in [-0.2, -0.15) is 0 Å². The first-order chi connectivity index (χ1) is 6.45. The number of carbonyl (C=O) groups excluding carboxylic acids is 1. The monoisotopic (exact) mass is 205 g/mol. The van der Waals surface area contributed by atoms with Crippen LogP contribution in [0.25, 0.3) is 0 Å². The molecule has 0 atom stereocenters. The molecule has 0 saturated carbocycles. The van der Waals surface area contributed by atoms with Gasteiger partial charge in [-0.05, 0) is 13.8 Å². The van der Waals surface area contributed by atoms with Crippen LogP contribution in [0.3, 0.4) is 0 Å². The number of nitrogens with one attached hydrogen (secondary N) is 1. The van der Waals surface area contributed by atoms with Gasteiger partial charge < -0.3 is 19.9 Å². The van der Waals surface area contributed by atoms with Crippen LogP contribution < -0.4 is 5.32 Å². The van der Waals surface area contributed by atoms with Crippen molar-refractivity contribution in [3.05, 3.63) is 0 Å². The third-order valence-electron chi connectivity index (χ3n) is 1.38. The Balaban J connectivity index is 3.38. The van der Waals surface area contributed by atoms with E-state index in [-0.39, 0.29) is 19.1 Å². The molecule has 0 aliphatic carbocycles. The number of hydrogen-bond acceptors (Lipinski definition) is 4. The van der Waals surface area contributed by atoms with Crippen LogP contribution in [0.2, 0.25) is 0 Å². The minimum atomic E-state index is -0.887. The molecule has 84 valence electrons. The third kappa shape index (κ3) is 9.44. The lowest BCUT2D eigenvalue weighted by molar-refractivity contribution is -0.127. The second-order valence-corrected chi connectivity index (χ2v) is 3.63. The van der Waals surface area contributed by atoms with Crippen LogP contribution >= 0.6 is 0 Å². The van der Waals surface area contributed by atoms with E-state index in [0.29, 0.717) is 13.2 Å². The molecule has 0 bridgehead atoms. The van der Waals surface area contributed by atoms with Crippen molar-refractivity contribution < 1.29 is 19.4 Å².